The molecule has 0 spiro atoms. The Kier molecular flexibility index (Phi) is 1.92. The lowest BCUT2D eigenvalue weighted by atomic mass is 10.4. The Morgan fingerprint density at radius 2 is 2.21 bits per heavy atom. The zero-order valence-electron chi connectivity index (χ0n) is 8.01. The van der Waals surface area contributed by atoms with Crippen LogP contribution in [0.2, 0.25) is 0 Å². The average Bonchev–Trinajstić information content (AvgIpc) is 2.59. The van der Waals surface area contributed by atoms with Gasteiger partial charge in [0.05, 0.1) is 0 Å². The first-order chi connectivity index (χ1) is 6.72. The van der Waals surface area contributed by atoms with Gasteiger partial charge in [-0.05, 0) is 6.07 Å². The number of carbonyl (C=O) groups is 1. The van der Waals surface area contributed by atoms with Gasteiger partial charge in [0.2, 0.25) is 5.82 Å². The summed E-state index contributed by atoms with van der Waals surface area (Å²) in [4.78, 5) is 12.5. The second-order valence-electron chi connectivity index (χ2n) is 3.18. The number of nitrogens with zero attached hydrogens (tertiary/aromatic N) is 4. The molecule has 5 heteroatoms. The summed E-state index contributed by atoms with van der Waals surface area (Å²) in [6, 6.07) is 3.78. The van der Waals surface area contributed by atoms with Crippen molar-refractivity contribution in [3.63, 3.8) is 0 Å². The van der Waals surface area contributed by atoms with E-state index in [0.29, 0.717) is 17.8 Å². The molecule has 72 valence electrons. The van der Waals surface area contributed by atoms with Crippen molar-refractivity contribution in [2.24, 2.45) is 0 Å². The molecule has 2 heterocycles. The number of fused-ring (bicyclic) bond motifs is 1. The summed E-state index contributed by atoms with van der Waals surface area (Å²) in [6.07, 6.45) is 2.48. The van der Waals surface area contributed by atoms with E-state index in [1.807, 2.05) is 31.1 Å². The van der Waals surface area contributed by atoms with Gasteiger partial charge in [0.25, 0.3) is 0 Å². The van der Waals surface area contributed by atoms with Crippen molar-refractivity contribution in [1.82, 2.24) is 14.6 Å². The highest BCUT2D eigenvalue weighted by Gasteiger charge is 2.04. The normalized spacial score (nSPS) is 10.4. The first-order valence-corrected chi connectivity index (χ1v) is 4.19. The van der Waals surface area contributed by atoms with Crippen LogP contribution in [0.4, 0.5) is 5.69 Å². The van der Waals surface area contributed by atoms with Gasteiger partial charge in [-0.15, -0.1) is 10.2 Å². The number of anilines is 1. The predicted molar refractivity (Wildman–Crippen MR) is 52.7 cm³/mol. The fourth-order valence-electron chi connectivity index (χ4n) is 1.26. The molecule has 2 rings (SSSR count). The Bertz CT molecular complexity index is 475. The van der Waals surface area contributed by atoms with Gasteiger partial charge < -0.3 is 4.90 Å². The van der Waals surface area contributed by atoms with Crippen LogP contribution in [-0.4, -0.2) is 35.0 Å². The number of rotatable bonds is 2. The van der Waals surface area contributed by atoms with Crippen molar-refractivity contribution in [3.05, 3.63) is 24.2 Å². The second kappa shape index (κ2) is 3.10. The molecule has 0 saturated heterocycles. The molecule has 2 aromatic heterocycles. The Morgan fingerprint density at radius 1 is 1.43 bits per heavy atom. The maximum absolute atomic E-state index is 10.6. The summed E-state index contributed by atoms with van der Waals surface area (Å²) in [5, 5.41) is 7.63. The lowest BCUT2D eigenvalue weighted by Gasteiger charge is -2.11. The topological polar surface area (TPSA) is 50.5 Å². The summed E-state index contributed by atoms with van der Waals surface area (Å²) in [7, 11) is 3.89. The maximum atomic E-state index is 10.6. The highest BCUT2D eigenvalue weighted by atomic mass is 16.1. The minimum atomic E-state index is 0.324. The fourth-order valence-corrected chi connectivity index (χ4v) is 1.26. The standard InChI is InChI=1S/C9H10N4O/c1-12(2)7-3-4-13-8(5-7)10-11-9(13)6-14/h3-6H,1-2H3. The van der Waals surface area contributed by atoms with Crippen LogP contribution >= 0.6 is 0 Å². The van der Waals surface area contributed by atoms with Crippen molar-refractivity contribution in [3.8, 4) is 0 Å². The average molecular weight is 190 g/mol. The summed E-state index contributed by atoms with van der Waals surface area (Å²) in [6.45, 7) is 0. The van der Waals surface area contributed by atoms with Gasteiger partial charge in [-0.2, -0.15) is 0 Å². The van der Waals surface area contributed by atoms with Crippen molar-refractivity contribution < 1.29 is 4.79 Å². The SMILES string of the molecule is CN(C)c1ccn2c(C=O)nnc2c1. The van der Waals surface area contributed by atoms with E-state index < -0.39 is 0 Å². The van der Waals surface area contributed by atoms with Crippen molar-refractivity contribution in [2.75, 3.05) is 19.0 Å². The lowest BCUT2D eigenvalue weighted by molar-refractivity contribution is 0.111. The second-order valence-corrected chi connectivity index (χ2v) is 3.18. The lowest BCUT2D eigenvalue weighted by Crippen LogP contribution is -2.08. The number of aromatic nitrogens is 3. The van der Waals surface area contributed by atoms with Gasteiger partial charge >= 0.3 is 0 Å². The molecule has 0 unspecified atom stereocenters. The smallest absolute Gasteiger partial charge is 0.201 e. The van der Waals surface area contributed by atoms with E-state index in [-0.39, 0.29) is 0 Å². The molecular weight excluding hydrogens is 180 g/mol. The van der Waals surface area contributed by atoms with Crippen molar-refractivity contribution >= 4 is 17.6 Å². The molecule has 0 aliphatic carbocycles. The summed E-state index contributed by atoms with van der Waals surface area (Å²) in [5.41, 5.74) is 1.71. The van der Waals surface area contributed by atoms with E-state index in [9.17, 15) is 4.79 Å². The van der Waals surface area contributed by atoms with Gasteiger partial charge in [-0.25, -0.2) is 0 Å². The van der Waals surface area contributed by atoms with Crippen molar-refractivity contribution in [1.29, 1.82) is 0 Å². The van der Waals surface area contributed by atoms with Crippen LogP contribution in [0.3, 0.4) is 0 Å². The maximum Gasteiger partial charge on any atom is 0.201 e. The van der Waals surface area contributed by atoms with Crippen LogP contribution < -0.4 is 4.90 Å². The fraction of sp³-hybridized carbons (Fsp3) is 0.222. The Balaban J connectivity index is 2.63. The van der Waals surface area contributed by atoms with Crippen LogP contribution in [0.5, 0.6) is 0 Å². The molecule has 0 aliphatic heterocycles. The Labute approximate surface area is 81.0 Å². The Hall–Kier alpha value is -1.91. The Morgan fingerprint density at radius 3 is 2.86 bits per heavy atom. The molecular formula is C9H10N4O. The third kappa shape index (κ3) is 1.22. The van der Waals surface area contributed by atoms with Crippen LogP contribution in [0, 0.1) is 0 Å². The minimum absolute atomic E-state index is 0.324. The quantitative estimate of drug-likeness (QED) is 0.651. The van der Waals surface area contributed by atoms with Crippen LogP contribution in [0.15, 0.2) is 18.3 Å². The van der Waals surface area contributed by atoms with E-state index in [2.05, 4.69) is 10.2 Å². The molecule has 0 radical (unpaired) electrons. The third-order valence-corrected chi connectivity index (χ3v) is 2.04. The van der Waals surface area contributed by atoms with Crippen LogP contribution in [0.1, 0.15) is 10.6 Å². The monoisotopic (exact) mass is 190 g/mol. The van der Waals surface area contributed by atoms with Crippen LogP contribution in [-0.2, 0) is 0 Å². The number of hydrogen-bond donors (Lipinski definition) is 0. The molecule has 0 amide bonds. The number of aldehydes is 1. The zero-order valence-corrected chi connectivity index (χ0v) is 8.01. The van der Waals surface area contributed by atoms with E-state index in [1.54, 1.807) is 10.6 Å². The van der Waals surface area contributed by atoms with Gasteiger partial charge in [-0.1, -0.05) is 0 Å². The third-order valence-electron chi connectivity index (χ3n) is 2.04. The minimum Gasteiger partial charge on any atom is -0.378 e. The first-order valence-electron chi connectivity index (χ1n) is 4.19. The highest BCUT2D eigenvalue weighted by Crippen LogP contribution is 2.13. The van der Waals surface area contributed by atoms with E-state index in [0.717, 1.165) is 5.69 Å². The zero-order chi connectivity index (χ0) is 10.1. The predicted octanol–water partition coefficient (Wildman–Crippen LogP) is 0.608. The summed E-state index contributed by atoms with van der Waals surface area (Å²) in [5.74, 6) is 0.324. The molecule has 0 aromatic carbocycles. The molecule has 14 heavy (non-hydrogen) atoms. The van der Waals surface area contributed by atoms with Gasteiger partial charge in [-0.3, -0.25) is 9.20 Å². The van der Waals surface area contributed by atoms with Gasteiger partial charge in [0, 0.05) is 32.0 Å². The summed E-state index contributed by atoms with van der Waals surface area (Å²) >= 11 is 0. The van der Waals surface area contributed by atoms with Gasteiger partial charge in [0.1, 0.15) is 0 Å². The van der Waals surface area contributed by atoms with Gasteiger partial charge in [0.15, 0.2) is 11.9 Å². The molecule has 0 saturated carbocycles. The van der Waals surface area contributed by atoms with Crippen LogP contribution in [0.25, 0.3) is 5.65 Å². The first kappa shape index (κ1) is 8.68. The molecule has 5 nitrogen and oxygen atoms in total. The van der Waals surface area contributed by atoms with E-state index in [1.165, 1.54) is 0 Å². The van der Waals surface area contributed by atoms with E-state index >= 15 is 0 Å². The van der Waals surface area contributed by atoms with Crippen molar-refractivity contribution in [2.45, 2.75) is 0 Å². The van der Waals surface area contributed by atoms with E-state index in [4.69, 9.17) is 0 Å². The molecule has 2 aromatic rings. The molecule has 0 aliphatic rings. The largest absolute Gasteiger partial charge is 0.378 e. The number of carbonyl (C=O) groups excluding carboxylic acids is 1. The molecule has 0 fully saturated rings. The number of pyridine rings is 1. The highest BCUT2D eigenvalue weighted by molar-refractivity contribution is 5.71. The molecule has 0 N–H and O–H groups in total. The number of hydrogen-bond acceptors (Lipinski definition) is 4. The molecule has 0 bridgehead atoms. The summed E-state index contributed by atoms with van der Waals surface area (Å²) < 4.78 is 1.65. The molecule has 0 atom stereocenters.